The van der Waals surface area contributed by atoms with Crippen molar-refractivity contribution in [1.29, 1.82) is 0 Å². The zero-order valence-corrected chi connectivity index (χ0v) is 11.7. The lowest BCUT2D eigenvalue weighted by atomic mass is 10.1. The Balaban J connectivity index is 2.12. The van der Waals surface area contributed by atoms with Gasteiger partial charge >= 0.3 is 0 Å². The summed E-state index contributed by atoms with van der Waals surface area (Å²) in [6, 6.07) is 5.19. The largest absolute Gasteiger partial charge is 0.377 e. The highest BCUT2D eigenvalue weighted by molar-refractivity contribution is 7.12. The summed E-state index contributed by atoms with van der Waals surface area (Å²) in [4.78, 5) is 5.11. The van der Waals surface area contributed by atoms with Gasteiger partial charge in [-0.3, -0.25) is 4.90 Å². The molecule has 2 heterocycles. The Morgan fingerprint density at radius 3 is 2.82 bits per heavy atom. The number of rotatable bonds is 4. The highest BCUT2D eigenvalue weighted by atomic mass is 32.1. The van der Waals surface area contributed by atoms with Crippen molar-refractivity contribution < 1.29 is 4.74 Å². The molecular formula is C13H22N2OS. The fourth-order valence-electron chi connectivity index (χ4n) is 2.60. The smallest absolute Gasteiger partial charge is 0.0703 e. The second-order valence-electron chi connectivity index (χ2n) is 4.80. The Bertz CT molecular complexity index is 366. The van der Waals surface area contributed by atoms with Crippen LogP contribution in [-0.4, -0.2) is 37.2 Å². The van der Waals surface area contributed by atoms with Gasteiger partial charge in [0.2, 0.25) is 0 Å². The average molecular weight is 254 g/mol. The molecule has 1 aromatic rings. The summed E-state index contributed by atoms with van der Waals surface area (Å²) in [5.74, 6) is 0. The van der Waals surface area contributed by atoms with Crippen molar-refractivity contribution in [3.63, 3.8) is 0 Å². The quantitative estimate of drug-likeness (QED) is 0.895. The minimum Gasteiger partial charge on any atom is -0.377 e. The predicted octanol–water partition coefficient (Wildman–Crippen LogP) is 2.17. The summed E-state index contributed by atoms with van der Waals surface area (Å²) >= 11 is 1.85. The van der Waals surface area contributed by atoms with Crippen molar-refractivity contribution in [2.24, 2.45) is 5.73 Å². The molecule has 0 saturated carbocycles. The predicted molar refractivity (Wildman–Crippen MR) is 72.4 cm³/mol. The second-order valence-corrected chi connectivity index (χ2v) is 6.12. The molecule has 1 fully saturated rings. The molecule has 3 atom stereocenters. The van der Waals surface area contributed by atoms with E-state index in [2.05, 4.69) is 37.9 Å². The van der Waals surface area contributed by atoms with E-state index in [4.69, 9.17) is 10.5 Å². The van der Waals surface area contributed by atoms with Gasteiger partial charge in [-0.25, -0.2) is 0 Å². The lowest BCUT2D eigenvalue weighted by Crippen LogP contribution is -2.41. The van der Waals surface area contributed by atoms with Gasteiger partial charge in [0.15, 0.2) is 0 Å². The van der Waals surface area contributed by atoms with E-state index in [-0.39, 0.29) is 0 Å². The van der Waals surface area contributed by atoms with Crippen LogP contribution >= 0.6 is 11.3 Å². The summed E-state index contributed by atoms with van der Waals surface area (Å²) in [5, 5.41) is 0. The summed E-state index contributed by atoms with van der Waals surface area (Å²) in [6.45, 7) is 5.83. The first-order valence-electron chi connectivity index (χ1n) is 6.23. The Morgan fingerprint density at radius 2 is 2.35 bits per heavy atom. The zero-order chi connectivity index (χ0) is 12.4. The van der Waals surface area contributed by atoms with Crippen LogP contribution in [0.1, 0.15) is 29.1 Å². The third-order valence-electron chi connectivity index (χ3n) is 3.66. The number of hydrogen-bond donors (Lipinski definition) is 1. The van der Waals surface area contributed by atoms with Gasteiger partial charge < -0.3 is 10.5 Å². The third-order valence-corrected chi connectivity index (χ3v) is 4.77. The van der Waals surface area contributed by atoms with Crippen LogP contribution in [0.3, 0.4) is 0 Å². The molecule has 0 spiro atoms. The lowest BCUT2D eigenvalue weighted by Gasteiger charge is -2.33. The zero-order valence-electron chi connectivity index (χ0n) is 10.8. The van der Waals surface area contributed by atoms with Gasteiger partial charge in [0.25, 0.3) is 0 Å². The summed E-state index contributed by atoms with van der Waals surface area (Å²) in [5.41, 5.74) is 5.95. The van der Waals surface area contributed by atoms with Crippen LogP contribution < -0.4 is 5.73 Å². The van der Waals surface area contributed by atoms with Crippen LogP contribution in [0.4, 0.5) is 0 Å². The first kappa shape index (κ1) is 13.0. The second kappa shape index (κ2) is 5.48. The number of ether oxygens (including phenoxy) is 1. The summed E-state index contributed by atoms with van der Waals surface area (Å²) in [7, 11) is 2.17. The van der Waals surface area contributed by atoms with Crippen LogP contribution in [0.25, 0.3) is 0 Å². The number of hydrogen-bond acceptors (Lipinski definition) is 4. The molecular weight excluding hydrogens is 232 g/mol. The molecule has 2 rings (SSSR count). The van der Waals surface area contributed by atoms with E-state index < -0.39 is 0 Å². The Labute approximate surface area is 108 Å². The Hall–Kier alpha value is -0.420. The molecule has 4 heteroatoms. The SMILES string of the molecule is Cc1ccc(C(CN)N(C)C2CCOC2C)s1. The van der Waals surface area contributed by atoms with E-state index in [1.54, 1.807) is 0 Å². The van der Waals surface area contributed by atoms with Crippen molar-refractivity contribution >= 4 is 11.3 Å². The highest BCUT2D eigenvalue weighted by Gasteiger charge is 2.32. The van der Waals surface area contributed by atoms with Gasteiger partial charge in [-0.2, -0.15) is 0 Å². The highest BCUT2D eigenvalue weighted by Crippen LogP contribution is 2.30. The van der Waals surface area contributed by atoms with E-state index in [1.807, 2.05) is 11.3 Å². The van der Waals surface area contributed by atoms with Crippen molar-refractivity contribution in [2.45, 2.75) is 38.5 Å². The number of nitrogens with zero attached hydrogens (tertiary/aromatic N) is 1. The van der Waals surface area contributed by atoms with E-state index >= 15 is 0 Å². The molecule has 0 radical (unpaired) electrons. The van der Waals surface area contributed by atoms with Gasteiger partial charge in [0, 0.05) is 28.9 Å². The van der Waals surface area contributed by atoms with Crippen LogP contribution in [0, 0.1) is 6.92 Å². The van der Waals surface area contributed by atoms with E-state index in [1.165, 1.54) is 9.75 Å². The van der Waals surface area contributed by atoms with Crippen molar-refractivity contribution in [2.75, 3.05) is 20.2 Å². The molecule has 0 bridgehead atoms. The fourth-order valence-corrected chi connectivity index (χ4v) is 3.64. The van der Waals surface area contributed by atoms with Crippen molar-refractivity contribution in [3.8, 4) is 0 Å². The average Bonchev–Trinajstić information content (AvgIpc) is 2.88. The molecule has 2 N–H and O–H groups in total. The van der Waals surface area contributed by atoms with Crippen LogP contribution in [0.2, 0.25) is 0 Å². The van der Waals surface area contributed by atoms with Crippen molar-refractivity contribution in [3.05, 3.63) is 21.9 Å². The van der Waals surface area contributed by atoms with Crippen LogP contribution in [-0.2, 0) is 4.74 Å². The topological polar surface area (TPSA) is 38.5 Å². The molecule has 17 heavy (non-hydrogen) atoms. The molecule has 1 aliphatic rings. The van der Waals surface area contributed by atoms with Gasteiger partial charge in [-0.15, -0.1) is 11.3 Å². The molecule has 1 saturated heterocycles. The third kappa shape index (κ3) is 2.71. The molecule has 3 nitrogen and oxygen atoms in total. The maximum Gasteiger partial charge on any atom is 0.0703 e. The molecule has 0 aliphatic carbocycles. The normalized spacial score (nSPS) is 26.6. The monoisotopic (exact) mass is 254 g/mol. The summed E-state index contributed by atoms with van der Waals surface area (Å²) in [6.07, 6.45) is 1.42. The Kier molecular flexibility index (Phi) is 4.20. The maximum atomic E-state index is 5.95. The maximum absolute atomic E-state index is 5.95. The molecule has 0 aromatic carbocycles. The molecule has 3 unspecified atom stereocenters. The van der Waals surface area contributed by atoms with Crippen molar-refractivity contribution in [1.82, 2.24) is 4.90 Å². The first-order chi connectivity index (χ1) is 8.13. The number of nitrogens with two attached hydrogens (primary N) is 1. The molecule has 1 aromatic heterocycles. The molecule has 1 aliphatic heterocycles. The summed E-state index contributed by atoms with van der Waals surface area (Å²) < 4.78 is 5.64. The number of thiophene rings is 1. The number of likely N-dealkylation sites (N-methyl/N-ethyl adjacent to an activating group) is 1. The minimum atomic E-state index is 0.315. The van der Waals surface area contributed by atoms with E-state index in [9.17, 15) is 0 Å². The Morgan fingerprint density at radius 1 is 1.59 bits per heavy atom. The standard InChI is InChI=1S/C13H22N2OS/c1-9-4-5-13(17-9)12(8-14)15(3)11-6-7-16-10(11)2/h4-5,10-12H,6-8,14H2,1-3H3. The number of aryl methyl sites for hydroxylation is 1. The van der Waals surface area contributed by atoms with Gasteiger partial charge in [-0.1, -0.05) is 0 Å². The van der Waals surface area contributed by atoms with Gasteiger partial charge in [0.05, 0.1) is 12.1 Å². The minimum absolute atomic E-state index is 0.315. The van der Waals surface area contributed by atoms with Crippen LogP contribution in [0.5, 0.6) is 0 Å². The van der Waals surface area contributed by atoms with Gasteiger partial charge in [0.1, 0.15) is 0 Å². The fraction of sp³-hybridized carbons (Fsp3) is 0.692. The van der Waals surface area contributed by atoms with Crippen LogP contribution in [0.15, 0.2) is 12.1 Å². The first-order valence-corrected chi connectivity index (χ1v) is 7.05. The van der Waals surface area contributed by atoms with E-state index in [0.717, 1.165) is 13.0 Å². The van der Waals surface area contributed by atoms with Gasteiger partial charge in [-0.05, 0) is 39.4 Å². The van der Waals surface area contributed by atoms with E-state index in [0.29, 0.717) is 24.7 Å². The molecule has 0 amide bonds. The lowest BCUT2D eigenvalue weighted by molar-refractivity contribution is 0.0692. The molecule has 96 valence electrons.